The summed E-state index contributed by atoms with van der Waals surface area (Å²) >= 11 is 0. The maximum atomic E-state index is 14.0. The van der Waals surface area contributed by atoms with E-state index in [0.717, 1.165) is 16.9 Å². The number of furan rings is 1. The second-order valence-corrected chi connectivity index (χ2v) is 8.26. The molecule has 0 saturated heterocycles. The largest absolute Gasteiger partial charge is 0.468 e. The summed E-state index contributed by atoms with van der Waals surface area (Å²) in [6, 6.07) is 24.6. The quantitative estimate of drug-likeness (QED) is 0.303. The van der Waals surface area contributed by atoms with Crippen molar-refractivity contribution >= 4 is 22.9 Å². The highest BCUT2D eigenvalue weighted by Crippen LogP contribution is 2.27. The highest BCUT2D eigenvalue weighted by Gasteiger charge is 2.24. The lowest BCUT2D eigenvalue weighted by atomic mass is 10.1. The van der Waals surface area contributed by atoms with Gasteiger partial charge in [0.1, 0.15) is 18.8 Å². The van der Waals surface area contributed by atoms with Gasteiger partial charge in [-0.15, -0.1) is 0 Å². The van der Waals surface area contributed by atoms with E-state index >= 15 is 0 Å². The van der Waals surface area contributed by atoms with Crippen molar-refractivity contribution < 1.29 is 18.7 Å². The van der Waals surface area contributed by atoms with Gasteiger partial charge in [0.15, 0.2) is 5.65 Å². The fraction of sp³-hybridized carbons (Fsp3) is 0.143. The Hall–Kier alpha value is -4.72. The Balaban J connectivity index is 1.61. The molecule has 0 aliphatic carbocycles. The van der Waals surface area contributed by atoms with Crippen molar-refractivity contribution in [2.24, 2.45) is 0 Å². The van der Waals surface area contributed by atoms with Gasteiger partial charge >= 0.3 is 5.97 Å². The van der Waals surface area contributed by atoms with Crippen molar-refractivity contribution in [1.29, 1.82) is 0 Å². The number of esters is 1. The molecule has 0 saturated carbocycles. The highest BCUT2D eigenvalue weighted by atomic mass is 16.5. The molecule has 0 atom stereocenters. The third-order valence-electron chi connectivity index (χ3n) is 5.85. The van der Waals surface area contributed by atoms with Crippen LogP contribution >= 0.6 is 0 Å². The van der Waals surface area contributed by atoms with E-state index in [4.69, 9.17) is 14.1 Å². The number of aromatic nitrogens is 3. The van der Waals surface area contributed by atoms with Crippen LogP contribution in [0.15, 0.2) is 95.7 Å². The molecule has 8 nitrogen and oxygen atoms in total. The Morgan fingerprint density at radius 1 is 1.00 bits per heavy atom. The molecule has 0 spiro atoms. The van der Waals surface area contributed by atoms with Crippen molar-refractivity contribution in [3.05, 3.63) is 108 Å². The number of hydrogen-bond acceptors (Lipinski definition) is 6. The smallest absolute Gasteiger partial charge is 0.325 e. The van der Waals surface area contributed by atoms with Crippen LogP contribution in [0.25, 0.3) is 22.3 Å². The minimum atomic E-state index is -0.499. The minimum absolute atomic E-state index is 0.185. The molecule has 36 heavy (non-hydrogen) atoms. The topological polar surface area (TPSA) is 90.5 Å². The molecule has 5 aromatic rings. The average molecular weight is 481 g/mol. The first-order valence-electron chi connectivity index (χ1n) is 11.5. The summed E-state index contributed by atoms with van der Waals surface area (Å²) in [5.41, 5.74) is 3.35. The number of carbonyl (C=O) groups is 2. The monoisotopic (exact) mass is 480 g/mol. The van der Waals surface area contributed by atoms with Crippen molar-refractivity contribution in [2.45, 2.75) is 13.1 Å². The summed E-state index contributed by atoms with van der Waals surface area (Å²) < 4.78 is 12.1. The molecule has 3 heterocycles. The molecule has 0 radical (unpaired) electrons. The molecule has 0 bridgehead atoms. The van der Waals surface area contributed by atoms with Gasteiger partial charge in [0, 0.05) is 12.1 Å². The SMILES string of the molecule is COC(=O)CN(Cc1ccccc1)C(=O)c1cc(-c2ccccc2)nc2c1cnn2Cc1ccco1. The molecular formula is C28H24N4O4. The Morgan fingerprint density at radius 3 is 2.44 bits per heavy atom. The predicted octanol–water partition coefficient (Wildman–Crippen LogP) is 4.56. The van der Waals surface area contributed by atoms with Crippen LogP contribution in [0.3, 0.4) is 0 Å². The lowest BCUT2D eigenvalue weighted by Crippen LogP contribution is -2.36. The van der Waals surface area contributed by atoms with E-state index in [1.807, 2.05) is 72.8 Å². The summed E-state index contributed by atoms with van der Waals surface area (Å²) in [6.45, 7) is 0.431. The number of carbonyl (C=O) groups excluding carboxylic acids is 2. The molecule has 0 aliphatic heterocycles. The maximum Gasteiger partial charge on any atom is 0.325 e. The van der Waals surface area contributed by atoms with Crippen molar-refractivity contribution in [3.8, 4) is 11.3 Å². The molecule has 0 aliphatic rings. The lowest BCUT2D eigenvalue weighted by Gasteiger charge is -2.22. The fourth-order valence-electron chi connectivity index (χ4n) is 4.04. The van der Waals surface area contributed by atoms with E-state index in [-0.39, 0.29) is 19.0 Å². The first-order valence-corrected chi connectivity index (χ1v) is 11.5. The number of benzene rings is 2. The summed E-state index contributed by atoms with van der Waals surface area (Å²) in [5, 5.41) is 5.09. The highest BCUT2D eigenvalue weighted by molar-refractivity contribution is 6.07. The van der Waals surface area contributed by atoms with Crippen LogP contribution in [0.5, 0.6) is 0 Å². The zero-order chi connectivity index (χ0) is 24.9. The first-order chi connectivity index (χ1) is 17.6. The van der Waals surface area contributed by atoms with Crippen LogP contribution in [-0.4, -0.2) is 45.2 Å². The molecular weight excluding hydrogens is 456 g/mol. The van der Waals surface area contributed by atoms with Crippen molar-refractivity contribution in [1.82, 2.24) is 19.7 Å². The third-order valence-corrected chi connectivity index (χ3v) is 5.85. The predicted molar refractivity (Wildman–Crippen MR) is 134 cm³/mol. The minimum Gasteiger partial charge on any atom is -0.468 e. The van der Waals surface area contributed by atoms with Crippen LogP contribution < -0.4 is 0 Å². The molecule has 0 fully saturated rings. The van der Waals surface area contributed by atoms with Gasteiger partial charge in [-0.2, -0.15) is 5.10 Å². The summed E-state index contributed by atoms with van der Waals surface area (Å²) in [6.07, 6.45) is 3.24. The maximum absolute atomic E-state index is 14.0. The van der Waals surface area contributed by atoms with Crippen LogP contribution in [0.1, 0.15) is 21.7 Å². The van der Waals surface area contributed by atoms with E-state index in [9.17, 15) is 9.59 Å². The third kappa shape index (κ3) is 4.88. The molecule has 180 valence electrons. The zero-order valence-electron chi connectivity index (χ0n) is 19.7. The van der Waals surface area contributed by atoms with Gasteiger partial charge in [0.2, 0.25) is 0 Å². The van der Waals surface area contributed by atoms with Gasteiger partial charge in [-0.05, 0) is 23.8 Å². The van der Waals surface area contributed by atoms with Crippen LogP contribution in [0.4, 0.5) is 0 Å². The Labute approximate surface area is 207 Å². The number of rotatable bonds is 8. The first kappa shape index (κ1) is 23.0. The van der Waals surface area contributed by atoms with Crippen molar-refractivity contribution in [3.63, 3.8) is 0 Å². The molecule has 3 aromatic heterocycles. The number of pyridine rings is 1. The molecule has 8 heteroatoms. The summed E-state index contributed by atoms with van der Waals surface area (Å²) in [4.78, 5) is 32.5. The number of amides is 1. The van der Waals surface area contributed by atoms with Gasteiger partial charge < -0.3 is 14.1 Å². The van der Waals surface area contributed by atoms with E-state index < -0.39 is 5.97 Å². The second-order valence-electron chi connectivity index (χ2n) is 8.26. The molecule has 1 amide bonds. The van der Waals surface area contributed by atoms with E-state index in [0.29, 0.717) is 28.8 Å². The van der Waals surface area contributed by atoms with Gasteiger partial charge in [-0.3, -0.25) is 9.59 Å². The van der Waals surface area contributed by atoms with Gasteiger partial charge in [-0.25, -0.2) is 9.67 Å². The summed E-state index contributed by atoms with van der Waals surface area (Å²) in [5.74, 6) is -0.0936. The van der Waals surface area contributed by atoms with E-state index in [2.05, 4.69) is 5.10 Å². The zero-order valence-corrected chi connectivity index (χ0v) is 19.7. The number of nitrogens with zero attached hydrogens (tertiary/aromatic N) is 4. The Kier molecular flexibility index (Phi) is 6.57. The average Bonchev–Trinajstić information content (AvgIpc) is 3.59. The van der Waals surface area contributed by atoms with Crippen LogP contribution in [0.2, 0.25) is 0 Å². The number of methoxy groups -OCH3 is 1. The number of hydrogen-bond donors (Lipinski definition) is 0. The normalized spacial score (nSPS) is 10.9. The van der Waals surface area contributed by atoms with Crippen molar-refractivity contribution in [2.75, 3.05) is 13.7 Å². The Bertz CT molecular complexity index is 1480. The van der Waals surface area contributed by atoms with E-state index in [1.165, 1.54) is 12.0 Å². The molecule has 5 rings (SSSR count). The fourth-order valence-corrected chi connectivity index (χ4v) is 4.04. The molecule has 0 unspecified atom stereocenters. The Morgan fingerprint density at radius 2 is 1.75 bits per heavy atom. The van der Waals surface area contributed by atoms with E-state index in [1.54, 1.807) is 23.2 Å². The summed E-state index contributed by atoms with van der Waals surface area (Å²) in [7, 11) is 1.31. The molecule has 0 N–H and O–H groups in total. The van der Waals surface area contributed by atoms with Gasteiger partial charge in [0.25, 0.3) is 5.91 Å². The van der Waals surface area contributed by atoms with Gasteiger partial charge in [-0.1, -0.05) is 60.7 Å². The second kappa shape index (κ2) is 10.3. The lowest BCUT2D eigenvalue weighted by molar-refractivity contribution is -0.141. The van der Waals surface area contributed by atoms with Gasteiger partial charge in [0.05, 0.1) is 36.2 Å². The molecule has 2 aromatic carbocycles. The number of ether oxygens (including phenoxy) is 1. The van der Waals surface area contributed by atoms with Crippen LogP contribution in [0, 0.1) is 0 Å². The van der Waals surface area contributed by atoms with Crippen LogP contribution in [-0.2, 0) is 22.6 Å². The standard InChI is InChI=1S/C28H24N4O4/c1-35-26(33)19-31(17-20-9-4-2-5-10-20)28(34)23-15-25(21-11-6-3-7-12-21)30-27-24(23)16-29-32(27)18-22-13-8-14-36-22/h2-16H,17-19H2,1H3. The number of fused-ring (bicyclic) bond motifs is 1.